The molecular weight excluding hydrogens is 206 g/mol. The summed E-state index contributed by atoms with van der Waals surface area (Å²) in [5, 5.41) is 3.36. The van der Waals surface area contributed by atoms with Crippen molar-refractivity contribution in [3.63, 3.8) is 0 Å². The molecule has 4 heteroatoms. The summed E-state index contributed by atoms with van der Waals surface area (Å²) >= 11 is 0. The van der Waals surface area contributed by atoms with Crippen LogP contribution in [-0.4, -0.2) is 28.9 Å². The van der Waals surface area contributed by atoms with E-state index < -0.39 is 8.56 Å². The number of hydrogen-bond acceptors (Lipinski definition) is 3. The quantitative estimate of drug-likeness (QED) is 0.747. The molecule has 0 atom stereocenters. The van der Waals surface area contributed by atoms with E-state index in [4.69, 9.17) is 8.85 Å². The second-order valence-electron chi connectivity index (χ2n) is 3.63. The van der Waals surface area contributed by atoms with Crippen LogP contribution < -0.4 is 5.32 Å². The van der Waals surface area contributed by atoms with Crippen LogP contribution in [0.2, 0.25) is 6.55 Å². The zero-order chi connectivity index (χ0) is 11.1. The van der Waals surface area contributed by atoms with Crippen molar-refractivity contribution in [3.8, 4) is 0 Å². The molecule has 1 rings (SSSR count). The average molecular weight is 225 g/mol. The lowest BCUT2D eigenvalue weighted by atomic mass is 10.2. The number of hydrogen-bond donors (Lipinski definition) is 1. The van der Waals surface area contributed by atoms with E-state index in [0.717, 1.165) is 12.7 Å². The molecule has 0 saturated carbocycles. The highest BCUT2D eigenvalue weighted by Gasteiger charge is 2.27. The van der Waals surface area contributed by atoms with Crippen molar-refractivity contribution in [2.24, 2.45) is 0 Å². The molecule has 1 aromatic carbocycles. The first kappa shape index (κ1) is 12.4. The van der Waals surface area contributed by atoms with Crippen LogP contribution >= 0.6 is 0 Å². The first-order chi connectivity index (χ1) is 7.20. The first-order valence-electron chi connectivity index (χ1n) is 5.05. The lowest BCUT2D eigenvalue weighted by molar-refractivity contribution is 0.247. The van der Waals surface area contributed by atoms with Gasteiger partial charge in [-0.2, -0.15) is 0 Å². The van der Waals surface area contributed by atoms with Gasteiger partial charge in [-0.15, -0.1) is 0 Å². The summed E-state index contributed by atoms with van der Waals surface area (Å²) in [4.78, 5) is 0. The molecule has 15 heavy (non-hydrogen) atoms. The molecule has 3 nitrogen and oxygen atoms in total. The summed E-state index contributed by atoms with van der Waals surface area (Å²) in [6.45, 7) is 2.90. The predicted octanol–water partition coefficient (Wildman–Crippen LogP) is 1.68. The molecule has 0 bridgehead atoms. The van der Waals surface area contributed by atoms with Gasteiger partial charge in [0.15, 0.2) is 0 Å². The van der Waals surface area contributed by atoms with E-state index in [0.29, 0.717) is 0 Å². The normalized spacial score (nSPS) is 11.7. The highest BCUT2D eigenvalue weighted by molar-refractivity contribution is 6.66. The molecule has 1 N–H and O–H groups in total. The van der Waals surface area contributed by atoms with Gasteiger partial charge in [-0.3, -0.25) is 0 Å². The molecule has 0 saturated heterocycles. The summed E-state index contributed by atoms with van der Waals surface area (Å²) in [7, 11) is 1.45. The Bertz CT molecular complexity index is 275. The van der Waals surface area contributed by atoms with Gasteiger partial charge in [-0.25, -0.2) is 0 Å². The Kier molecular flexibility index (Phi) is 4.97. The van der Waals surface area contributed by atoms with Gasteiger partial charge in [0, 0.05) is 26.9 Å². The Balaban J connectivity index is 2.33. The predicted molar refractivity (Wildman–Crippen MR) is 63.8 cm³/mol. The minimum Gasteiger partial charge on any atom is -0.397 e. The van der Waals surface area contributed by atoms with Crippen molar-refractivity contribution in [2.75, 3.05) is 20.4 Å². The summed E-state index contributed by atoms with van der Waals surface area (Å²) in [6.07, 6.45) is 0.800. The molecule has 0 aliphatic heterocycles. The lowest BCUT2D eigenvalue weighted by Gasteiger charge is -2.22. The van der Waals surface area contributed by atoms with Crippen molar-refractivity contribution >= 4 is 8.56 Å². The third-order valence-corrected chi connectivity index (χ3v) is 5.10. The van der Waals surface area contributed by atoms with Crippen LogP contribution in [0.15, 0.2) is 30.3 Å². The van der Waals surface area contributed by atoms with Crippen molar-refractivity contribution in [3.05, 3.63) is 35.9 Å². The lowest BCUT2D eigenvalue weighted by Crippen LogP contribution is -2.46. The zero-order valence-corrected chi connectivity index (χ0v) is 10.6. The van der Waals surface area contributed by atoms with Crippen LogP contribution in [0.25, 0.3) is 0 Å². The number of rotatable bonds is 6. The molecule has 0 fully saturated rings. The van der Waals surface area contributed by atoms with E-state index in [1.54, 1.807) is 14.2 Å². The maximum absolute atomic E-state index is 5.38. The Hall–Kier alpha value is -0.683. The smallest absolute Gasteiger partial charge is 0.348 e. The largest absolute Gasteiger partial charge is 0.397 e. The van der Waals surface area contributed by atoms with E-state index in [2.05, 4.69) is 17.4 Å². The van der Waals surface area contributed by atoms with Crippen molar-refractivity contribution in [1.29, 1.82) is 0 Å². The van der Waals surface area contributed by atoms with Crippen molar-refractivity contribution in [1.82, 2.24) is 5.32 Å². The number of benzene rings is 1. The van der Waals surface area contributed by atoms with E-state index >= 15 is 0 Å². The molecule has 84 valence electrons. The van der Waals surface area contributed by atoms with Gasteiger partial charge in [-0.05, 0) is 12.1 Å². The highest BCUT2D eigenvalue weighted by Crippen LogP contribution is 2.03. The fourth-order valence-electron chi connectivity index (χ4n) is 1.26. The summed E-state index contributed by atoms with van der Waals surface area (Å²) < 4.78 is 10.8. The molecule has 0 aliphatic carbocycles. The molecule has 0 heterocycles. The van der Waals surface area contributed by atoms with Gasteiger partial charge in [0.05, 0.1) is 0 Å². The summed E-state index contributed by atoms with van der Waals surface area (Å²) in [5.74, 6) is 0. The van der Waals surface area contributed by atoms with Crippen molar-refractivity contribution in [2.45, 2.75) is 13.1 Å². The Labute approximate surface area is 92.7 Å². The van der Waals surface area contributed by atoms with E-state index in [1.807, 2.05) is 24.7 Å². The van der Waals surface area contributed by atoms with E-state index in [1.165, 1.54) is 5.56 Å². The third-order valence-electron chi connectivity index (χ3n) is 2.48. The molecule has 1 aromatic rings. The van der Waals surface area contributed by atoms with Gasteiger partial charge >= 0.3 is 8.56 Å². The minimum atomic E-state index is -1.96. The maximum Gasteiger partial charge on any atom is 0.348 e. The minimum absolute atomic E-state index is 0.800. The highest BCUT2D eigenvalue weighted by atomic mass is 28.4. The summed E-state index contributed by atoms with van der Waals surface area (Å²) in [6, 6.07) is 10.3. The molecular formula is C11H19NO2Si. The monoisotopic (exact) mass is 225 g/mol. The van der Waals surface area contributed by atoms with Crippen LogP contribution in [0.3, 0.4) is 0 Å². The number of nitrogens with one attached hydrogen (secondary N) is 1. The molecule has 0 unspecified atom stereocenters. The van der Waals surface area contributed by atoms with Crippen LogP contribution in [0.1, 0.15) is 5.56 Å². The summed E-state index contributed by atoms with van der Waals surface area (Å²) in [5.41, 5.74) is 1.28. The van der Waals surface area contributed by atoms with Gasteiger partial charge in [0.2, 0.25) is 0 Å². The molecule has 0 amide bonds. The van der Waals surface area contributed by atoms with Crippen LogP contribution in [0, 0.1) is 0 Å². The third kappa shape index (κ3) is 4.13. The fourth-order valence-corrected chi connectivity index (χ4v) is 2.29. The first-order valence-corrected chi connectivity index (χ1v) is 7.57. The van der Waals surface area contributed by atoms with Crippen LogP contribution in [0.5, 0.6) is 0 Å². The van der Waals surface area contributed by atoms with Crippen LogP contribution in [-0.2, 0) is 15.4 Å². The molecule has 0 radical (unpaired) electrons. The van der Waals surface area contributed by atoms with Crippen LogP contribution in [0.4, 0.5) is 0 Å². The van der Waals surface area contributed by atoms with Gasteiger partial charge < -0.3 is 14.2 Å². The van der Waals surface area contributed by atoms with Gasteiger partial charge in [-0.1, -0.05) is 30.3 Å². The average Bonchev–Trinajstić information content (AvgIpc) is 2.30. The Morgan fingerprint density at radius 2 is 1.73 bits per heavy atom. The standard InChI is InChI=1S/C11H19NO2Si/c1-13-15(3,14-2)10-12-9-11-7-5-4-6-8-11/h4-8,12H,9-10H2,1-3H3. The SMILES string of the molecule is CO[Si](C)(CNCc1ccccc1)OC. The molecule has 0 aliphatic rings. The van der Waals surface area contributed by atoms with Crippen molar-refractivity contribution < 1.29 is 8.85 Å². The molecule has 0 aromatic heterocycles. The van der Waals surface area contributed by atoms with Gasteiger partial charge in [0.25, 0.3) is 0 Å². The Morgan fingerprint density at radius 1 is 1.13 bits per heavy atom. The topological polar surface area (TPSA) is 30.5 Å². The zero-order valence-electron chi connectivity index (χ0n) is 9.62. The molecule has 0 spiro atoms. The van der Waals surface area contributed by atoms with Gasteiger partial charge in [0.1, 0.15) is 0 Å². The second kappa shape index (κ2) is 6.02. The second-order valence-corrected chi connectivity index (χ2v) is 7.07. The Morgan fingerprint density at radius 3 is 2.27 bits per heavy atom. The van der Waals surface area contributed by atoms with E-state index in [-0.39, 0.29) is 0 Å². The maximum atomic E-state index is 5.38. The fraction of sp³-hybridized carbons (Fsp3) is 0.455. The van der Waals surface area contributed by atoms with E-state index in [9.17, 15) is 0 Å².